The second-order valence-electron chi connectivity index (χ2n) is 8.68. The van der Waals surface area contributed by atoms with Crippen LogP contribution in [0.5, 0.6) is 28.9 Å². The molecule has 11 heteroatoms. The predicted molar refractivity (Wildman–Crippen MR) is 132 cm³/mol. The van der Waals surface area contributed by atoms with Gasteiger partial charge in [-0.05, 0) is 48.4 Å². The minimum absolute atomic E-state index is 0.0920. The Kier molecular flexibility index (Phi) is 7.23. The van der Waals surface area contributed by atoms with Crippen LogP contribution in [0.15, 0.2) is 54.9 Å². The number of ketones is 1. The molecule has 0 saturated carbocycles. The Bertz CT molecular complexity index is 1520. The molecule has 0 N–H and O–H groups in total. The van der Waals surface area contributed by atoms with E-state index in [9.17, 15) is 22.4 Å². The van der Waals surface area contributed by atoms with Crippen molar-refractivity contribution in [3.8, 4) is 28.9 Å². The largest absolute Gasteiger partial charge is 0.490 e. The topological polar surface area (TPSA) is 79.8 Å². The highest BCUT2D eigenvalue weighted by Crippen LogP contribution is 2.47. The molecule has 0 radical (unpaired) electrons. The molecule has 1 aliphatic heterocycles. The van der Waals surface area contributed by atoms with Crippen molar-refractivity contribution >= 4 is 16.7 Å². The van der Waals surface area contributed by atoms with Crippen LogP contribution < -0.4 is 18.9 Å². The van der Waals surface area contributed by atoms with Crippen molar-refractivity contribution in [1.82, 2.24) is 9.97 Å². The van der Waals surface area contributed by atoms with Gasteiger partial charge in [-0.15, -0.1) is 0 Å². The maximum absolute atomic E-state index is 14.0. The fourth-order valence-corrected chi connectivity index (χ4v) is 4.20. The van der Waals surface area contributed by atoms with E-state index in [1.54, 1.807) is 30.3 Å². The molecule has 0 aliphatic carbocycles. The number of halogens is 4. The zero-order valence-corrected chi connectivity index (χ0v) is 20.7. The third-order valence-electron chi connectivity index (χ3n) is 5.94. The Balaban J connectivity index is 1.33. The predicted octanol–water partition coefficient (Wildman–Crippen LogP) is 6.10. The van der Waals surface area contributed by atoms with Crippen molar-refractivity contribution < 1.29 is 41.3 Å². The van der Waals surface area contributed by atoms with Gasteiger partial charge in [0.25, 0.3) is 0 Å². The molecule has 2 heterocycles. The lowest BCUT2D eigenvalue weighted by Crippen LogP contribution is -2.17. The number of hydrogen-bond acceptors (Lipinski definition) is 7. The summed E-state index contributed by atoms with van der Waals surface area (Å²) in [5.41, 5.74) is -0.176. The van der Waals surface area contributed by atoms with Gasteiger partial charge < -0.3 is 18.9 Å². The van der Waals surface area contributed by atoms with E-state index in [0.29, 0.717) is 71.4 Å². The van der Waals surface area contributed by atoms with E-state index in [0.717, 1.165) is 6.07 Å². The van der Waals surface area contributed by atoms with Crippen LogP contribution >= 0.6 is 0 Å². The number of ether oxygens (including phenoxy) is 4. The third kappa shape index (κ3) is 5.71. The van der Waals surface area contributed by atoms with Crippen molar-refractivity contribution in [2.45, 2.75) is 25.9 Å². The molecule has 39 heavy (non-hydrogen) atoms. The minimum Gasteiger partial charge on any atom is -0.490 e. The fourth-order valence-electron chi connectivity index (χ4n) is 4.20. The van der Waals surface area contributed by atoms with Crippen LogP contribution in [0.3, 0.4) is 0 Å². The van der Waals surface area contributed by atoms with E-state index in [1.807, 2.05) is 6.92 Å². The summed E-state index contributed by atoms with van der Waals surface area (Å²) >= 11 is 0. The number of Topliss-reactive ketones (excluding diaryl/α,β-unsaturated/α-hetero) is 1. The van der Waals surface area contributed by atoms with Crippen molar-refractivity contribution in [1.29, 1.82) is 0 Å². The second kappa shape index (κ2) is 10.8. The van der Waals surface area contributed by atoms with Crippen molar-refractivity contribution in [3.63, 3.8) is 0 Å². The minimum atomic E-state index is -4.62. The van der Waals surface area contributed by atoms with Crippen LogP contribution in [-0.2, 0) is 23.8 Å². The molecule has 3 aromatic carbocycles. The van der Waals surface area contributed by atoms with Gasteiger partial charge in [-0.1, -0.05) is 12.1 Å². The zero-order chi connectivity index (χ0) is 27.6. The lowest BCUT2D eigenvalue weighted by Gasteiger charge is -2.23. The summed E-state index contributed by atoms with van der Waals surface area (Å²) in [6.07, 6.45) is -3.83. The van der Waals surface area contributed by atoms with E-state index in [1.165, 1.54) is 6.33 Å². The first kappa shape index (κ1) is 26.2. The first-order chi connectivity index (χ1) is 18.7. The van der Waals surface area contributed by atoms with Crippen molar-refractivity contribution in [3.05, 3.63) is 77.4 Å². The third-order valence-corrected chi connectivity index (χ3v) is 5.94. The second-order valence-corrected chi connectivity index (χ2v) is 8.68. The van der Waals surface area contributed by atoms with Crippen LogP contribution in [0.25, 0.3) is 10.9 Å². The lowest BCUT2D eigenvalue weighted by atomic mass is 10.0. The zero-order valence-electron chi connectivity index (χ0n) is 20.7. The number of aromatic nitrogens is 2. The smallest absolute Gasteiger partial charge is 0.416 e. The van der Waals surface area contributed by atoms with Gasteiger partial charge in [0.2, 0.25) is 11.6 Å². The number of rotatable bonds is 8. The van der Waals surface area contributed by atoms with Crippen LogP contribution in [0, 0.1) is 5.82 Å². The fraction of sp³-hybridized carbons (Fsp3) is 0.250. The summed E-state index contributed by atoms with van der Waals surface area (Å²) in [5.74, 6) is 0.717. The molecule has 0 bridgehead atoms. The van der Waals surface area contributed by atoms with Gasteiger partial charge in [-0.25, -0.2) is 14.4 Å². The molecule has 5 rings (SSSR count). The molecule has 0 spiro atoms. The van der Waals surface area contributed by atoms with E-state index in [4.69, 9.17) is 18.9 Å². The summed E-state index contributed by atoms with van der Waals surface area (Å²) in [6.45, 7) is 2.98. The van der Waals surface area contributed by atoms with Crippen LogP contribution in [0.2, 0.25) is 0 Å². The van der Waals surface area contributed by atoms with Gasteiger partial charge in [-0.3, -0.25) is 4.79 Å². The molecule has 0 fully saturated rings. The molecule has 0 atom stereocenters. The quantitative estimate of drug-likeness (QED) is 0.249. The standard InChI is InChI=1S/C28H22F4N2O5/c1-2-36-23-14-22-24(26-25(23)37-9-10-38-26)27(34-15-33-22)39-20-6-3-16(4-7-20)11-19(35)13-17-12-18(28(30,31)32)5-8-21(17)29/h3-8,12,14-15H,2,9-11,13H2,1H3. The Morgan fingerprint density at radius 3 is 2.44 bits per heavy atom. The number of alkyl halides is 3. The highest BCUT2D eigenvalue weighted by Gasteiger charge is 2.31. The molecule has 1 aliphatic rings. The monoisotopic (exact) mass is 542 g/mol. The Labute approximate surface area is 220 Å². The normalized spacial score (nSPS) is 12.8. The lowest BCUT2D eigenvalue weighted by molar-refractivity contribution is -0.137. The summed E-state index contributed by atoms with van der Waals surface area (Å²) in [6, 6.07) is 10.3. The summed E-state index contributed by atoms with van der Waals surface area (Å²) in [4.78, 5) is 21.1. The van der Waals surface area contributed by atoms with Gasteiger partial charge in [0, 0.05) is 18.9 Å². The van der Waals surface area contributed by atoms with Crippen molar-refractivity contribution in [2.75, 3.05) is 19.8 Å². The number of hydrogen-bond donors (Lipinski definition) is 0. The Hall–Kier alpha value is -4.41. The Morgan fingerprint density at radius 2 is 1.72 bits per heavy atom. The maximum atomic E-state index is 14.0. The maximum Gasteiger partial charge on any atom is 0.416 e. The van der Waals surface area contributed by atoms with Crippen LogP contribution in [-0.4, -0.2) is 35.6 Å². The molecular formula is C28H22F4N2O5. The van der Waals surface area contributed by atoms with E-state index in [2.05, 4.69) is 9.97 Å². The number of carbonyl (C=O) groups excluding carboxylic acids is 1. The van der Waals surface area contributed by atoms with Gasteiger partial charge in [0.15, 0.2) is 11.5 Å². The van der Waals surface area contributed by atoms with Gasteiger partial charge in [0.05, 0.1) is 17.7 Å². The number of benzene rings is 3. The van der Waals surface area contributed by atoms with Crippen LogP contribution in [0.4, 0.5) is 17.6 Å². The first-order valence-electron chi connectivity index (χ1n) is 12.1. The first-order valence-corrected chi connectivity index (χ1v) is 12.1. The van der Waals surface area contributed by atoms with E-state index in [-0.39, 0.29) is 17.9 Å². The molecule has 0 amide bonds. The molecule has 7 nitrogen and oxygen atoms in total. The van der Waals surface area contributed by atoms with E-state index < -0.39 is 29.8 Å². The molecule has 0 unspecified atom stereocenters. The molecule has 4 aromatic rings. The highest BCUT2D eigenvalue weighted by molar-refractivity contribution is 5.94. The average Bonchev–Trinajstić information content (AvgIpc) is 2.90. The van der Waals surface area contributed by atoms with E-state index >= 15 is 0 Å². The molecule has 202 valence electrons. The number of carbonyl (C=O) groups is 1. The SMILES string of the molecule is CCOc1cc2ncnc(Oc3ccc(CC(=O)Cc4cc(C(F)(F)F)ccc4F)cc3)c2c2c1OCCO2. The molecule has 1 aromatic heterocycles. The number of fused-ring (bicyclic) bond motifs is 3. The summed E-state index contributed by atoms with van der Waals surface area (Å²) in [7, 11) is 0. The van der Waals surface area contributed by atoms with Crippen LogP contribution in [0.1, 0.15) is 23.6 Å². The van der Waals surface area contributed by atoms with Gasteiger partial charge in [0.1, 0.15) is 42.3 Å². The van der Waals surface area contributed by atoms with Crippen molar-refractivity contribution in [2.24, 2.45) is 0 Å². The summed E-state index contributed by atoms with van der Waals surface area (Å²) in [5, 5.41) is 0.512. The van der Waals surface area contributed by atoms with Gasteiger partial charge in [-0.2, -0.15) is 13.2 Å². The summed E-state index contributed by atoms with van der Waals surface area (Å²) < 4.78 is 76.2. The van der Waals surface area contributed by atoms with Gasteiger partial charge >= 0.3 is 6.18 Å². The highest BCUT2D eigenvalue weighted by atomic mass is 19.4. The molecule has 0 saturated heterocycles. The Morgan fingerprint density at radius 1 is 0.974 bits per heavy atom. The molecular weight excluding hydrogens is 520 g/mol. The number of nitrogens with zero attached hydrogens (tertiary/aromatic N) is 2. The average molecular weight is 542 g/mol.